The van der Waals surface area contributed by atoms with Crippen molar-refractivity contribution in [2.24, 2.45) is 0 Å². The molecule has 4 nitrogen and oxygen atoms in total. The largest absolute Gasteiger partial charge is 0.417 e. The van der Waals surface area contributed by atoms with Crippen LogP contribution < -0.4 is 10.9 Å². The summed E-state index contributed by atoms with van der Waals surface area (Å²) < 4.78 is 44.3. The van der Waals surface area contributed by atoms with Gasteiger partial charge in [-0.3, -0.25) is 4.79 Å². The van der Waals surface area contributed by atoms with Crippen LogP contribution in [0.5, 0.6) is 0 Å². The van der Waals surface area contributed by atoms with Gasteiger partial charge in [-0.15, -0.1) is 0 Å². The molecule has 1 amide bonds. The Balaban J connectivity index is 1.99. The SMILES string of the molecule is O=C(Nc1cc(F)cc(F)c1)c1cc2cc(F)ccc2c(=O)o1. The minimum absolute atomic E-state index is 0.111. The topological polar surface area (TPSA) is 59.3 Å². The minimum Gasteiger partial charge on any atom is -0.417 e. The Bertz CT molecular complexity index is 962. The minimum atomic E-state index is -0.890. The Morgan fingerprint density at radius 1 is 0.913 bits per heavy atom. The Morgan fingerprint density at radius 2 is 1.61 bits per heavy atom. The highest BCUT2D eigenvalue weighted by atomic mass is 19.1. The fraction of sp³-hybridized carbons (Fsp3) is 0. The predicted molar refractivity (Wildman–Crippen MR) is 76.8 cm³/mol. The molecular weight excluding hydrogens is 311 g/mol. The van der Waals surface area contributed by atoms with Crippen LogP contribution in [0.3, 0.4) is 0 Å². The molecule has 0 atom stereocenters. The molecule has 2 aromatic carbocycles. The number of nitrogens with one attached hydrogen (secondary N) is 1. The predicted octanol–water partition coefficient (Wildman–Crippen LogP) is 3.46. The van der Waals surface area contributed by atoms with E-state index in [1.807, 2.05) is 0 Å². The summed E-state index contributed by atoms with van der Waals surface area (Å²) >= 11 is 0. The van der Waals surface area contributed by atoms with Gasteiger partial charge in [0.25, 0.3) is 5.91 Å². The molecule has 0 bridgehead atoms. The van der Waals surface area contributed by atoms with Crippen LogP contribution in [-0.4, -0.2) is 5.91 Å². The summed E-state index contributed by atoms with van der Waals surface area (Å²) in [4.78, 5) is 23.8. The first-order chi connectivity index (χ1) is 10.9. The quantitative estimate of drug-likeness (QED) is 0.787. The van der Waals surface area contributed by atoms with Gasteiger partial charge in [-0.25, -0.2) is 18.0 Å². The first kappa shape index (κ1) is 14.8. The van der Waals surface area contributed by atoms with Gasteiger partial charge in [-0.2, -0.15) is 0 Å². The van der Waals surface area contributed by atoms with Crippen molar-refractivity contribution in [1.29, 1.82) is 0 Å². The lowest BCUT2D eigenvalue weighted by Gasteiger charge is -2.05. The van der Waals surface area contributed by atoms with Crippen LogP contribution in [0.2, 0.25) is 0 Å². The second-order valence-electron chi connectivity index (χ2n) is 4.74. The molecule has 3 aromatic rings. The maximum atomic E-state index is 13.2. The first-order valence-electron chi connectivity index (χ1n) is 6.43. The molecular formula is C16H8F3NO3. The van der Waals surface area contributed by atoms with Gasteiger partial charge in [-0.1, -0.05) is 0 Å². The third-order valence-corrected chi connectivity index (χ3v) is 3.07. The van der Waals surface area contributed by atoms with Gasteiger partial charge in [0.05, 0.1) is 5.39 Å². The smallest absolute Gasteiger partial charge is 0.344 e. The molecule has 3 rings (SSSR count). The zero-order valence-corrected chi connectivity index (χ0v) is 11.4. The van der Waals surface area contributed by atoms with E-state index in [0.29, 0.717) is 6.07 Å². The van der Waals surface area contributed by atoms with E-state index < -0.39 is 34.7 Å². The zero-order valence-electron chi connectivity index (χ0n) is 11.4. The van der Waals surface area contributed by atoms with E-state index in [4.69, 9.17) is 4.42 Å². The van der Waals surface area contributed by atoms with Crippen molar-refractivity contribution in [3.8, 4) is 0 Å². The third-order valence-electron chi connectivity index (χ3n) is 3.07. The number of hydrogen-bond acceptors (Lipinski definition) is 3. The maximum absolute atomic E-state index is 13.2. The molecule has 23 heavy (non-hydrogen) atoms. The molecule has 7 heteroatoms. The fourth-order valence-corrected chi connectivity index (χ4v) is 2.10. The van der Waals surface area contributed by atoms with Crippen LogP contribution in [0.25, 0.3) is 10.8 Å². The maximum Gasteiger partial charge on any atom is 0.344 e. The Morgan fingerprint density at radius 3 is 2.30 bits per heavy atom. The van der Waals surface area contributed by atoms with E-state index in [1.54, 1.807) is 0 Å². The van der Waals surface area contributed by atoms with Crippen molar-refractivity contribution in [2.45, 2.75) is 0 Å². The van der Waals surface area contributed by atoms with Crippen molar-refractivity contribution in [1.82, 2.24) is 0 Å². The van der Waals surface area contributed by atoms with Crippen LogP contribution in [0.4, 0.5) is 18.9 Å². The molecule has 0 aliphatic carbocycles. The highest BCUT2D eigenvalue weighted by Gasteiger charge is 2.14. The summed E-state index contributed by atoms with van der Waals surface area (Å²) in [5.41, 5.74) is -0.965. The standard InChI is InChI=1S/C16H8F3NO3/c17-9-1-2-13-8(3-9)4-14(23-16(13)22)15(21)20-12-6-10(18)5-11(19)7-12/h1-7H,(H,20,21). The molecule has 1 N–H and O–H groups in total. The Labute approximate surface area is 127 Å². The van der Waals surface area contributed by atoms with Gasteiger partial charge < -0.3 is 9.73 Å². The summed E-state index contributed by atoms with van der Waals surface area (Å²) in [7, 11) is 0. The monoisotopic (exact) mass is 319 g/mol. The molecule has 0 aliphatic heterocycles. The number of carbonyl (C=O) groups excluding carboxylic acids is 1. The molecule has 116 valence electrons. The second kappa shape index (κ2) is 5.60. The number of benzene rings is 2. The summed E-state index contributed by atoms with van der Waals surface area (Å²) in [6.45, 7) is 0. The average molecular weight is 319 g/mol. The Kier molecular flexibility index (Phi) is 3.61. The van der Waals surface area contributed by atoms with Crippen molar-refractivity contribution < 1.29 is 22.4 Å². The summed E-state index contributed by atoms with van der Waals surface area (Å²) in [5, 5.41) is 2.49. The molecule has 0 spiro atoms. The van der Waals surface area contributed by atoms with E-state index in [-0.39, 0.29) is 16.5 Å². The van der Waals surface area contributed by atoms with Gasteiger partial charge in [0.1, 0.15) is 17.5 Å². The molecule has 0 saturated carbocycles. The van der Waals surface area contributed by atoms with Crippen LogP contribution >= 0.6 is 0 Å². The lowest BCUT2D eigenvalue weighted by atomic mass is 10.1. The van der Waals surface area contributed by atoms with E-state index >= 15 is 0 Å². The zero-order chi connectivity index (χ0) is 16.6. The molecule has 0 unspecified atom stereocenters. The van der Waals surface area contributed by atoms with Gasteiger partial charge >= 0.3 is 5.63 Å². The van der Waals surface area contributed by atoms with Crippen LogP contribution in [0.1, 0.15) is 10.6 Å². The number of hydrogen-bond donors (Lipinski definition) is 1. The molecule has 0 fully saturated rings. The molecule has 0 aliphatic rings. The highest BCUT2D eigenvalue weighted by molar-refractivity contribution is 6.03. The Hall–Kier alpha value is -3.09. The van der Waals surface area contributed by atoms with Gasteiger partial charge in [0.15, 0.2) is 5.76 Å². The summed E-state index contributed by atoms with van der Waals surface area (Å²) in [6, 6.07) is 7.03. The number of carbonyl (C=O) groups is 1. The van der Waals surface area contributed by atoms with E-state index in [9.17, 15) is 22.8 Å². The fourth-order valence-electron chi connectivity index (χ4n) is 2.10. The van der Waals surface area contributed by atoms with Gasteiger partial charge in [0, 0.05) is 11.8 Å². The normalized spacial score (nSPS) is 10.7. The van der Waals surface area contributed by atoms with Crippen LogP contribution in [-0.2, 0) is 0 Å². The molecule has 1 aromatic heterocycles. The number of halogens is 3. The summed E-state index contributed by atoms with van der Waals surface area (Å²) in [5.74, 6) is -3.62. The highest BCUT2D eigenvalue weighted by Crippen LogP contribution is 2.17. The van der Waals surface area contributed by atoms with Crippen LogP contribution in [0, 0.1) is 17.5 Å². The number of anilines is 1. The van der Waals surface area contributed by atoms with Crippen molar-refractivity contribution in [3.63, 3.8) is 0 Å². The van der Waals surface area contributed by atoms with Crippen molar-refractivity contribution >= 4 is 22.4 Å². The van der Waals surface area contributed by atoms with E-state index in [1.165, 1.54) is 12.1 Å². The van der Waals surface area contributed by atoms with E-state index in [0.717, 1.165) is 24.3 Å². The van der Waals surface area contributed by atoms with Gasteiger partial charge in [-0.05, 0) is 41.8 Å². The average Bonchev–Trinajstić information content (AvgIpc) is 2.45. The molecule has 0 radical (unpaired) electrons. The van der Waals surface area contributed by atoms with Gasteiger partial charge in [0.2, 0.25) is 0 Å². The summed E-state index contributed by atoms with van der Waals surface area (Å²) in [6.07, 6.45) is 0. The lowest BCUT2D eigenvalue weighted by Crippen LogP contribution is -2.15. The second-order valence-corrected chi connectivity index (χ2v) is 4.74. The van der Waals surface area contributed by atoms with Crippen molar-refractivity contribution in [3.05, 3.63) is 76.1 Å². The van der Waals surface area contributed by atoms with Crippen LogP contribution in [0.15, 0.2) is 51.7 Å². The molecule has 1 heterocycles. The third kappa shape index (κ3) is 3.08. The van der Waals surface area contributed by atoms with E-state index in [2.05, 4.69) is 5.32 Å². The number of fused-ring (bicyclic) bond motifs is 1. The molecule has 0 saturated heterocycles. The number of amides is 1. The number of rotatable bonds is 2. The first-order valence-corrected chi connectivity index (χ1v) is 6.43. The lowest BCUT2D eigenvalue weighted by molar-refractivity contribution is 0.0993. The van der Waals surface area contributed by atoms with Crippen molar-refractivity contribution in [2.75, 3.05) is 5.32 Å².